The van der Waals surface area contributed by atoms with Crippen molar-refractivity contribution in [2.45, 2.75) is 13.0 Å². The van der Waals surface area contributed by atoms with Gasteiger partial charge in [0.15, 0.2) is 11.6 Å². The van der Waals surface area contributed by atoms with E-state index in [4.69, 9.17) is 5.11 Å². The van der Waals surface area contributed by atoms with Crippen LogP contribution in [0.25, 0.3) is 0 Å². The van der Waals surface area contributed by atoms with Crippen LogP contribution in [-0.2, 0) is 11.3 Å². The highest BCUT2D eigenvalue weighted by molar-refractivity contribution is 5.94. The molecule has 0 saturated heterocycles. The number of carbonyl (C=O) groups is 2. The molecule has 120 valence electrons. The van der Waals surface area contributed by atoms with Crippen molar-refractivity contribution < 1.29 is 23.5 Å². The van der Waals surface area contributed by atoms with Gasteiger partial charge in [0.25, 0.3) is 5.91 Å². The summed E-state index contributed by atoms with van der Waals surface area (Å²) in [6.45, 7) is -0.0831. The molecule has 0 aliphatic rings. The molecule has 5 nitrogen and oxygen atoms in total. The van der Waals surface area contributed by atoms with Gasteiger partial charge in [-0.3, -0.25) is 14.6 Å². The Morgan fingerprint density at radius 3 is 2.57 bits per heavy atom. The Morgan fingerprint density at radius 2 is 1.96 bits per heavy atom. The summed E-state index contributed by atoms with van der Waals surface area (Å²) in [5.41, 5.74) is 0.659. The fraction of sp³-hybridized carbons (Fsp3) is 0.188. The highest BCUT2D eigenvalue weighted by Crippen LogP contribution is 2.13. The molecule has 7 heteroatoms. The molecule has 0 saturated carbocycles. The Bertz CT molecular complexity index is 708. The second kappa shape index (κ2) is 7.44. The number of rotatable bonds is 6. The number of aliphatic carboxylic acids is 1. The minimum atomic E-state index is -1.06. The lowest BCUT2D eigenvalue weighted by molar-refractivity contribution is -0.137. The van der Waals surface area contributed by atoms with Gasteiger partial charge < -0.3 is 10.0 Å². The zero-order chi connectivity index (χ0) is 16.8. The number of carboxylic acids is 1. The second-order valence-corrected chi connectivity index (χ2v) is 4.86. The molecule has 1 heterocycles. The van der Waals surface area contributed by atoms with E-state index in [0.717, 1.165) is 12.1 Å². The molecule has 1 amide bonds. The number of hydrogen-bond donors (Lipinski definition) is 1. The van der Waals surface area contributed by atoms with Crippen LogP contribution in [0.3, 0.4) is 0 Å². The van der Waals surface area contributed by atoms with E-state index < -0.39 is 23.5 Å². The number of aromatic nitrogens is 1. The van der Waals surface area contributed by atoms with E-state index in [1.54, 1.807) is 12.1 Å². The van der Waals surface area contributed by atoms with Crippen molar-refractivity contribution in [3.63, 3.8) is 0 Å². The lowest BCUT2D eigenvalue weighted by Gasteiger charge is -2.22. The molecule has 1 N–H and O–H groups in total. The van der Waals surface area contributed by atoms with Crippen molar-refractivity contribution in [1.29, 1.82) is 0 Å². The van der Waals surface area contributed by atoms with E-state index >= 15 is 0 Å². The number of nitrogens with zero attached hydrogens (tertiary/aromatic N) is 2. The zero-order valence-electron chi connectivity index (χ0n) is 12.1. The molecular weight excluding hydrogens is 306 g/mol. The van der Waals surface area contributed by atoms with Crippen LogP contribution in [0.2, 0.25) is 0 Å². The smallest absolute Gasteiger partial charge is 0.305 e. The summed E-state index contributed by atoms with van der Waals surface area (Å²) in [5, 5.41) is 8.80. The van der Waals surface area contributed by atoms with Gasteiger partial charge in [-0.05, 0) is 29.8 Å². The normalized spacial score (nSPS) is 10.3. The van der Waals surface area contributed by atoms with E-state index in [9.17, 15) is 18.4 Å². The minimum absolute atomic E-state index is 0.0296. The predicted molar refractivity (Wildman–Crippen MR) is 77.6 cm³/mol. The van der Waals surface area contributed by atoms with Gasteiger partial charge in [0.2, 0.25) is 0 Å². The van der Waals surface area contributed by atoms with Crippen LogP contribution in [0.5, 0.6) is 0 Å². The third kappa shape index (κ3) is 4.57. The molecule has 0 fully saturated rings. The lowest BCUT2D eigenvalue weighted by atomic mass is 10.1. The summed E-state index contributed by atoms with van der Waals surface area (Å²) >= 11 is 0. The Hall–Kier alpha value is -2.83. The number of carbonyl (C=O) groups excluding carboxylic acids is 1. The maximum atomic E-state index is 13.3. The van der Waals surface area contributed by atoms with E-state index in [2.05, 4.69) is 4.98 Å². The predicted octanol–water partition coefficient (Wildman–Crippen LogP) is 2.48. The first-order valence-corrected chi connectivity index (χ1v) is 6.82. The van der Waals surface area contributed by atoms with Gasteiger partial charge in [0, 0.05) is 25.5 Å². The van der Waals surface area contributed by atoms with Crippen molar-refractivity contribution in [2.24, 2.45) is 0 Å². The third-order valence-corrected chi connectivity index (χ3v) is 3.15. The summed E-state index contributed by atoms with van der Waals surface area (Å²) in [4.78, 5) is 28.3. The number of hydrogen-bond acceptors (Lipinski definition) is 3. The first kappa shape index (κ1) is 16.5. The van der Waals surface area contributed by atoms with Crippen molar-refractivity contribution in [3.8, 4) is 0 Å². The molecule has 0 aliphatic heterocycles. The third-order valence-electron chi connectivity index (χ3n) is 3.15. The highest BCUT2D eigenvalue weighted by Gasteiger charge is 2.18. The largest absolute Gasteiger partial charge is 0.481 e. The van der Waals surface area contributed by atoms with E-state index in [0.29, 0.717) is 11.1 Å². The number of halogens is 2. The van der Waals surface area contributed by atoms with Crippen molar-refractivity contribution >= 4 is 11.9 Å². The molecule has 0 atom stereocenters. The number of benzene rings is 1. The Kier molecular flexibility index (Phi) is 5.35. The summed E-state index contributed by atoms with van der Waals surface area (Å²) in [7, 11) is 0. The van der Waals surface area contributed by atoms with Crippen molar-refractivity contribution in [2.75, 3.05) is 6.54 Å². The van der Waals surface area contributed by atoms with Gasteiger partial charge in [-0.15, -0.1) is 0 Å². The average molecular weight is 320 g/mol. The first-order chi connectivity index (χ1) is 11.0. The molecule has 0 bridgehead atoms. The summed E-state index contributed by atoms with van der Waals surface area (Å²) in [6, 6.07) is 6.44. The molecule has 0 radical (unpaired) electrons. The maximum Gasteiger partial charge on any atom is 0.305 e. The van der Waals surface area contributed by atoms with Gasteiger partial charge in [0.1, 0.15) is 0 Å². The summed E-state index contributed by atoms with van der Waals surface area (Å²) in [5.74, 6) is -3.48. The van der Waals surface area contributed by atoms with Gasteiger partial charge in [-0.2, -0.15) is 0 Å². The second-order valence-electron chi connectivity index (χ2n) is 4.86. The van der Waals surface area contributed by atoms with E-state index in [1.165, 1.54) is 23.4 Å². The monoisotopic (exact) mass is 320 g/mol. The number of amides is 1. The van der Waals surface area contributed by atoms with E-state index in [-0.39, 0.29) is 19.5 Å². The molecule has 2 aromatic rings. The van der Waals surface area contributed by atoms with Crippen LogP contribution in [0.15, 0.2) is 42.7 Å². The molecule has 1 aromatic heterocycles. The van der Waals surface area contributed by atoms with Crippen LogP contribution in [-0.4, -0.2) is 33.4 Å². The quantitative estimate of drug-likeness (QED) is 0.887. The van der Waals surface area contributed by atoms with E-state index in [1.807, 2.05) is 0 Å². The van der Waals surface area contributed by atoms with Crippen LogP contribution in [0.4, 0.5) is 8.78 Å². The minimum Gasteiger partial charge on any atom is -0.481 e. The SMILES string of the molecule is O=C(O)CCN(Cc1ccc(F)c(F)c1)C(=O)c1cccnc1. The van der Waals surface area contributed by atoms with Crippen molar-refractivity contribution in [3.05, 3.63) is 65.5 Å². The molecule has 0 spiro atoms. The fourth-order valence-electron chi connectivity index (χ4n) is 2.01. The average Bonchev–Trinajstić information content (AvgIpc) is 2.54. The van der Waals surface area contributed by atoms with Gasteiger partial charge in [-0.25, -0.2) is 8.78 Å². The Labute approximate surface area is 131 Å². The maximum absolute atomic E-state index is 13.3. The first-order valence-electron chi connectivity index (χ1n) is 6.82. The molecule has 0 aliphatic carbocycles. The summed E-state index contributed by atoms with van der Waals surface area (Å²) in [6.07, 6.45) is 2.62. The van der Waals surface area contributed by atoms with Crippen molar-refractivity contribution in [1.82, 2.24) is 9.88 Å². The lowest BCUT2D eigenvalue weighted by Crippen LogP contribution is -2.32. The van der Waals surface area contributed by atoms with Crippen LogP contribution < -0.4 is 0 Å². The van der Waals surface area contributed by atoms with Gasteiger partial charge in [0.05, 0.1) is 12.0 Å². The number of pyridine rings is 1. The number of carboxylic acid groups (broad SMARTS) is 1. The van der Waals surface area contributed by atoms with Crippen LogP contribution in [0, 0.1) is 11.6 Å². The van der Waals surface area contributed by atoms with Gasteiger partial charge >= 0.3 is 5.97 Å². The molecule has 1 aromatic carbocycles. The van der Waals surface area contributed by atoms with Crippen LogP contribution in [0.1, 0.15) is 22.3 Å². The molecular formula is C16H14F2N2O3. The zero-order valence-corrected chi connectivity index (χ0v) is 12.1. The Balaban J connectivity index is 2.21. The van der Waals surface area contributed by atoms with Crippen LogP contribution >= 0.6 is 0 Å². The Morgan fingerprint density at radius 1 is 1.17 bits per heavy atom. The molecule has 23 heavy (non-hydrogen) atoms. The summed E-state index contributed by atoms with van der Waals surface area (Å²) < 4.78 is 26.3. The standard InChI is InChI=1S/C16H14F2N2O3/c17-13-4-3-11(8-14(13)18)10-20(7-5-15(21)22)16(23)12-2-1-6-19-9-12/h1-4,6,8-9H,5,7,10H2,(H,21,22). The topological polar surface area (TPSA) is 70.5 Å². The highest BCUT2D eigenvalue weighted by atomic mass is 19.2. The molecule has 0 unspecified atom stereocenters. The van der Waals surface area contributed by atoms with Gasteiger partial charge in [-0.1, -0.05) is 6.07 Å². The molecule has 2 rings (SSSR count). The fourth-order valence-corrected chi connectivity index (χ4v) is 2.01.